The second-order valence-corrected chi connectivity index (χ2v) is 1.52. The Labute approximate surface area is 55.2 Å². The van der Waals surface area contributed by atoms with Crippen molar-refractivity contribution >= 4 is 6.47 Å². The van der Waals surface area contributed by atoms with Gasteiger partial charge >= 0.3 is 0 Å². The molecule has 0 bridgehead atoms. The number of rotatable bonds is 3. The Hall–Kier alpha value is -0.970. The molecule has 0 aliphatic carbocycles. The topological polar surface area (TPSA) is 26.3 Å². The number of hydrogen-bond donors (Lipinski definition) is 0. The molecular formula is C7H10O2. The van der Waals surface area contributed by atoms with Gasteiger partial charge in [0.05, 0.1) is 0 Å². The smallest absolute Gasteiger partial charge is 0.294 e. The molecule has 0 spiro atoms. The average molecular weight is 126 g/mol. The zero-order valence-electron chi connectivity index (χ0n) is 5.68. The Morgan fingerprint density at radius 3 is 2.78 bits per heavy atom. The van der Waals surface area contributed by atoms with Crippen molar-refractivity contribution in [1.82, 2.24) is 0 Å². The molecule has 0 radical (unpaired) electrons. The van der Waals surface area contributed by atoms with Crippen LogP contribution in [0, 0.1) is 11.8 Å². The molecule has 9 heavy (non-hydrogen) atoms. The highest BCUT2D eigenvalue weighted by Crippen LogP contribution is 1.91. The van der Waals surface area contributed by atoms with Gasteiger partial charge in [0.2, 0.25) is 0 Å². The molecule has 0 aromatic heterocycles. The van der Waals surface area contributed by atoms with Gasteiger partial charge in [0.15, 0.2) is 6.10 Å². The molecule has 0 amide bonds. The summed E-state index contributed by atoms with van der Waals surface area (Å²) in [7, 11) is 0. The Morgan fingerprint density at radius 1 is 1.78 bits per heavy atom. The maximum Gasteiger partial charge on any atom is 0.294 e. The highest BCUT2D eigenvalue weighted by molar-refractivity contribution is 5.38. The van der Waals surface area contributed by atoms with E-state index in [1.807, 2.05) is 6.92 Å². The summed E-state index contributed by atoms with van der Waals surface area (Å²) in [6.07, 6.45) is 0.534. The predicted molar refractivity (Wildman–Crippen MR) is 34.7 cm³/mol. The summed E-state index contributed by atoms with van der Waals surface area (Å²) in [4.78, 5) is 9.76. The Bertz CT molecular complexity index is 130. The van der Waals surface area contributed by atoms with Crippen molar-refractivity contribution in [2.75, 3.05) is 0 Å². The Morgan fingerprint density at radius 2 is 2.44 bits per heavy atom. The number of hydrogen-bond acceptors (Lipinski definition) is 2. The van der Waals surface area contributed by atoms with Gasteiger partial charge in [0, 0.05) is 0 Å². The minimum absolute atomic E-state index is 0.215. The number of carbonyl (C=O) groups is 1. The fraction of sp³-hybridized carbons (Fsp3) is 0.571. The van der Waals surface area contributed by atoms with Crippen LogP contribution in [0.15, 0.2) is 0 Å². The van der Waals surface area contributed by atoms with Gasteiger partial charge in [-0.25, -0.2) is 0 Å². The van der Waals surface area contributed by atoms with E-state index in [-0.39, 0.29) is 6.10 Å². The van der Waals surface area contributed by atoms with Crippen molar-refractivity contribution in [2.45, 2.75) is 26.4 Å². The first-order valence-electron chi connectivity index (χ1n) is 2.86. The van der Waals surface area contributed by atoms with Crippen LogP contribution in [0.4, 0.5) is 0 Å². The fourth-order valence-corrected chi connectivity index (χ4v) is 0.460. The van der Waals surface area contributed by atoms with Gasteiger partial charge in [-0.1, -0.05) is 12.8 Å². The summed E-state index contributed by atoms with van der Waals surface area (Å²) in [5, 5.41) is 0. The van der Waals surface area contributed by atoms with Crippen LogP contribution in [-0.2, 0) is 9.53 Å². The van der Waals surface area contributed by atoms with E-state index in [4.69, 9.17) is 0 Å². The molecule has 1 atom stereocenters. The molecule has 0 N–H and O–H groups in total. The lowest BCUT2D eigenvalue weighted by molar-refractivity contribution is -0.131. The molecular weight excluding hydrogens is 116 g/mol. The molecule has 0 aromatic rings. The van der Waals surface area contributed by atoms with Crippen molar-refractivity contribution in [2.24, 2.45) is 0 Å². The fourth-order valence-electron chi connectivity index (χ4n) is 0.460. The van der Waals surface area contributed by atoms with Crippen LogP contribution in [0.3, 0.4) is 0 Å². The molecule has 0 heterocycles. The summed E-state index contributed by atoms with van der Waals surface area (Å²) >= 11 is 0. The lowest BCUT2D eigenvalue weighted by Gasteiger charge is -2.02. The average Bonchev–Trinajstić information content (AvgIpc) is 1.88. The van der Waals surface area contributed by atoms with E-state index in [1.165, 1.54) is 0 Å². The maximum absolute atomic E-state index is 9.76. The Balaban J connectivity index is 3.62. The third-order valence-corrected chi connectivity index (χ3v) is 0.896. The second-order valence-electron chi connectivity index (χ2n) is 1.52. The molecule has 2 nitrogen and oxygen atoms in total. The monoisotopic (exact) mass is 126 g/mol. The van der Waals surface area contributed by atoms with Crippen LogP contribution in [0.1, 0.15) is 20.3 Å². The second kappa shape index (κ2) is 5.17. The normalized spacial score (nSPS) is 10.9. The first-order chi connectivity index (χ1) is 4.35. The molecule has 0 saturated carbocycles. The van der Waals surface area contributed by atoms with Gasteiger partial charge in [-0.2, -0.15) is 0 Å². The van der Waals surface area contributed by atoms with E-state index >= 15 is 0 Å². The SMILES string of the molecule is CC#CC(CC)OC=O. The molecule has 0 aliphatic heterocycles. The highest BCUT2D eigenvalue weighted by Gasteiger charge is 1.97. The van der Waals surface area contributed by atoms with Crippen molar-refractivity contribution in [3.05, 3.63) is 0 Å². The third-order valence-electron chi connectivity index (χ3n) is 0.896. The van der Waals surface area contributed by atoms with Crippen LogP contribution in [0.25, 0.3) is 0 Å². The standard InChI is InChI=1S/C7H10O2/c1-3-5-7(4-2)9-6-8/h6-7H,4H2,1-2H3. The van der Waals surface area contributed by atoms with E-state index in [2.05, 4.69) is 16.6 Å². The van der Waals surface area contributed by atoms with E-state index in [0.29, 0.717) is 6.47 Å². The van der Waals surface area contributed by atoms with Gasteiger partial charge in [0.25, 0.3) is 6.47 Å². The highest BCUT2D eigenvalue weighted by atomic mass is 16.5. The zero-order chi connectivity index (χ0) is 7.11. The summed E-state index contributed by atoms with van der Waals surface area (Å²) < 4.78 is 4.58. The zero-order valence-corrected chi connectivity index (χ0v) is 5.68. The first-order valence-corrected chi connectivity index (χ1v) is 2.86. The molecule has 1 unspecified atom stereocenters. The minimum Gasteiger partial charge on any atom is -0.451 e. The van der Waals surface area contributed by atoms with Crippen LogP contribution >= 0.6 is 0 Å². The molecule has 0 saturated heterocycles. The van der Waals surface area contributed by atoms with Gasteiger partial charge < -0.3 is 4.74 Å². The lowest BCUT2D eigenvalue weighted by atomic mass is 10.3. The van der Waals surface area contributed by atoms with E-state index in [0.717, 1.165) is 6.42 Å². The van der Waals surface area contributed by atoms with Crippen LogP contribution in [0.2, 0.25) is 0 Å². The largest absolute Gasteiger partial charge is 0.451 e. The third kappa shape index (κ3) is 3.60. The van der Waals surface area contributed by atoms with E-state index in [9.17, 15) is 4.79 Å². The summed E-state index contributed by atoms with van der Waals surface area (Å²) in [6.45, 7) is 4.06. The number of ether oxygens (including phenoxy) is 1. The van der Waals surface area contributed by atoms with Crippen molar-refractivity contribution in [1.29, 1.82) is 0 Å². The molecule has 0 rings (SSSR count). The lowest BCUT2D eigenvalue weighted by Crippen LogP contribution is -2.06. The van der Waals surface area contributed by atoms with Gasteiger partial charge in [-0.3, -0.25) is 4.79 Å². The van der Waals surface area contributed by atoms with Crippen molar-refractivity contribution < 1.29 is 9.53 Å². The first kappa shape index (κ1) is 8.03. The van der Waals surface area contributed by atoms with E-state index in [1.54, 1.807) is 6.92 Å². The van der Waals surface area contributed by atoms with Crippen LogP contribution in [0.5, 0.6) is 0 Å². The van der Waals surface area contributed by atoms with Crippen LogP contribution in [-0.4, -0.2) is 12.6 Å². The van der Waals surface area contributed by atoms with E-state index < -0.39 is 0 Å². The predicted octanol–water partition coefficient (Wildman–Crippen LogP) is 0.961. The number of carbonyl (C=O) groups excluding carboxylic acids is 1. The van der Waals surface area contributed by atoms with Crippen LogP contribution < -0.4 is 0 Å². The van der Waals surface area contributed by atoms with Gasteiger partial charge in [0.1, 0.15) is 0 Å². The molecule has 50 valence electrons. The molecule has 0 fully saturated rings. The molecule has 2 heteroatoms. The van der Waals surface area contributed by atoms with Gasteiger partial charge in [-0.15, -0.1) is 5.92 Å². The maximum atomic E-state index is 9.76. The van der Waals surface area contributed by atoms with Crippen molar-refractivity contribution in [3.8, 4) is 11.8 Å². The summed E-state index contributed by atoms with van der Waals surface area (Å²) in [5.74, 6) is 5.40. The van der Waals surface area contributed by atoms with Gasteiger partial charge in [-0.05, 0) is 13.3 Å². The van der Waals surface area contributed by atoms with Crippen molar-refractivity contribution in [3.63, 3.8) is 0 Å². The summed E-state index contributed by atoms with van der Waals surface area (Å²) in [5.41, 5.74) is 0. The Kier molecular flexibility index (Phi) is 4.61. The summed E-state index contributed by atoms with van der Waals surface area (Å²) in [6, 6.07) is 0. The minimum atomic E-state index is -0.215. The quantitative estimate of drug-likeness (QED) is 0.416. The molecule has 0 aromatic carbocycles. The molecule has 0 aliphatic rings.